The van der Waals surface area contributed by atoms with E-state index in [0.29, 0.717) is 17.7 Å². The second kappa shape index (κ2) is 6.79. The van der Waals surface area contributed by atoms with Crippen molar-refractivity contribution in [2.75, 3.05) is 0 Å². The third-order valence-electron chi connectivity index (χ3n) is 4.42. The van der Waals surface area contributed by atoms with Gasteiger partial charge in [-0.25, -0.2) is 0 Å². The van der Waals surface area contributed by atoms with Crippen LogP contribution in [0.2, 0.25) is 0 Å². The van der Waals surface area contributed by atoms with Gasteiger partial charge in [0.15, 0.2) is 0 Å². The zero-order valence-electron chi connectivity index (χ0n) is 13.1. The number of nitro groups is 1. The van der Waals surface area contributed by atoms with Crippen LogP contribution in [0, 0.1) is 24.0 Å². The Morgan fingerprint density at radius 1 is 1.25 bits per heavy atom. The average Bonchev–Trinajstić information content (AvgIpc) is 2.42. The first kappa shape index (κ1) is 16.6. The number of nitrogens with zero attached hydrogens (tertiary/aromatic N) is 2. The largest absolute Gasteiger partial charge is 0.306 e. The number of rotatable bonds is 7. The van der Waals surface area contributed by atoms with E-state index in [9.17, 15) is 10.1 Å². The van der Waals surface area contributed by atoms with E-state index in [-0.39, 0.29) is 16.1 Å². The van der Waals surface area contributed by atoms with E-state index in [4.69, 9.17) is 0 Å². The lowest BCUT2D eigenvalue weighted by atomic mass is 9.89. The van der Waals surface area contributed by atoms with Crippen LogP contribution in [0.1, 0.15) is 56.9 Å². The lowest BCUT2D eigenvalue weighted by molar-refractivity contribution is -0.386. The van der Waals surface area contributed by atoms with Crippen LogP contribution < -0.4 is 5.32 Å². The van der Waals surface area contributed by atoms with Crippen molar-refractivity contribution in [2.24, 2.45) is 0 Å². The fourth-order valence-corrected chi connectivity index (χ4v) is 2.62. The first-order chi connectivity index (χ1) is 9.40. The molecule has 0 radical (unpaired) electrons. The Hall–Kier alpha value is -1.49. The van der Waals surface area contributed by atoms with Crippen LogP contribution in [0.4, 0.5) is 5.69 Å². The summed E-state index contributed by atoms with van der Waals surface area (Å²) in [6.07, 6.45) is 4.70. The van der Waals surface area contributed by atoms with Gasteiger partial charge in [0.1, 0.15) is 0 Å². The molecule has 0 aliphatic heterocycles. The molecule has 1 aromatic heterocycles. The first-order valence-electron chi connectivity index (χ1n) is 7.25. The summed E-state index contributed by atoms with van der Waals surface area (Å²) < 4.78 is 0. The van der Waals surface area contributed by atoms with Gasteiger partial charge in [0.2, 0.25) is 0 Å². The topological polar surface area (TPSA) is 68.1 Å². The molecule has 0 bridgehead atoms. The van der Waals surface area contributed by atoms with E-state index in [1.54, 1.807) is 20.0 Å². The van der Waals surface area contributed by atoms with E-state index in [1.165, 1.54) is 0 Å². The summed E-state index contributed by atoms with van der Waals surface area (Å²) >= 11 is 0. The van der Waals surface area contributed by atoms with Crippen molar-refractivity contribution in [3.63, 3.8) is 0 Å². The molecule has 0 spiro atoms. The minimum atomic E-state index is -0.317. The quantitative estimate of drug-likeness (QED) is 0.611. The van der Waals surface area contributed by atoms with Gasteiger partial charge in [0.25, 0.3) is 5.69 Å². The molecule has 0 saturated heterocycles. The van der Waals surface area contributed by atoms with Gasteiger partial charge < -0.3 is 5.32 Å². The highest BCUT2D eigenvalue weighted by atomic mass is 16.6. The normalized spacial score (nSPS) is 11.7. The average molecular weight is 279 g/mol. The number of hydrogen-bond donors (Lipinski definition) is 1. The summed E-state index contributed by atoms with van der Waals surface area (Å²) in [5, 5.41) is 14.7. The monoisotopic (exact) mass is 279 g/mol. The molecule has 1 heterocycles. The molecule has 1 rings (SSSR count). The molecule has 0 saturated carbocycles. The van der Waals surface area contributed by atoms with Crippen molar-refractivity contribution in [3.8, 4) is 0 Å². The van der Waals surface area contributed by atoms with Crippen molar-refractivity contribution < 1.29 is 4.92 Å². The molecule has 1 N–H and O–H groups in total. The van der Waals surface area contributed by atoms with Crippen LogP contribution in [-0.2, 0) is 6.54 Å². The highest BCUT2D eigenvalue weighted by molar-refractivity contribution is 5.47. The Labute approximate surface area is 121 Å². The van der Waals surface area contributed by atoms with Crippen molar-refractivity contribution in [3.05, 3.63) is 33.1 Å². The van der Waals surface area contributed by atoms with E-state index >= 15 is 0 Å². The van der Waals surface area contributed by atoms with Gasteiger partial charge in [-0.2, -0.15) is 0 Å². The van der Waals surface area contributed by atoms with Crippen LogP contribution in [0.5, 0.6) is 0 Å². The first-order valence-corrected chi connectivity index (χ1v) is 7.25. The smallest absolute Gasteiger partial charge is 0.278 e. The van der Waals surface area contributed by atoms with Crippen molar-refractivity contribution in [2.45, 2.75) is 66.0 Å². The fraction of sp³-hybridized carbons (Fsp3) is 0.667. The number of aryl methyl sites for hydroxylation is 1. The highest BCUT2D eigenvalue weighted by Crippen LogP contribution is 2.25. The van der Waals surface area contributed by atoms with E-state index in [2.05, 4.69) is 31.1 Å². The molecule has 1 aromatic rings. The molecule has 0 unspecified atom stereocenters. The Bertz CT molecular complexity index is 474. The summed E-state index contributed by atoms with van der Waals surface area (Å²) in [5.41, 5.74) is 2.32. The van der Waals surface area contributed by atoms with Crippen LogP contribution in [0.15, 0.2) is 6.20 Å². The summed E-state index contributed by atoms with van der Waals surface area (Å²) in [4.78, 5) is 15.2. The Kier molecular flexibility index (Phi) is 5.62. The van der Waals surface area contributed by atoms with Gasteiger partial charge in [-0.1, -0.05) is 20.8 Å². The summed E-state index contributed by atoms with van der Waals surface area (Å²) in [5.74, 6) is 0. The minimum absolute atomic E-state index is 0.0911. The van der Waals surface area contributed by atoms with Gasteiger partial charge >= 0.3 is 0 Å². The van der Waals surface area contributed by atoms with E-state index in [0.717, 1.165) is 25.0 Å². The standard InChI is InChI=1S/C15H25N3O2/c1-6-15(7-2,8-3)17-10-13-12(5)14(18(19)20)11(4)9-16-13/h9,17H,6-8,10H2,1-5H3. The molecule has 0 aliphatic rings. The van der Waals surface area contributed by atoms with Gasteiger partial charge in [0, 0.05) is 29.4 Å². The predicted octanol–water partition coefficient (Wildman–Crippen LogP) is 3.67. The van der Waals surface area contributed by atoms with Crippen molar-refractivity contribution in [1.82, 2.24) is 10.3 Å². The third kappa shape index (κ3) is 3.33. The van der Waals surface area contributed by atoms with E-state index in [1.807, 2.05) is 0 Å². The lowest BCUT2D eigenvalue weighted by Gasteiger charge is -2.32. The number of pyridine rings is 1. The lowest BCUT2D eigenvalue weighted by Crippen LogP contribution is -2.43. The SMILES string of the molecule is CCC(CC)(CC)NCc1ncc(C)c([N+](=O)[O-])c1C. The minimum Gasteiger partial charge on any atom is -0.306 e. The Morgan fingerprint density at radius 3 is 2.25 bits per heavy atom. The molecule has 5 heteroatoms. The van der Waals surface area contributed by atoms with Crippen LogP contribution in [-0.4, -0.2) is 15.4 Å². The fourth-order valence-electron chi connectivity index (χ4n) is 2.62. The van der Waals surface area contributed by atoms with Crippen molar-refractivity contribution >= 4 is 5.69 Å². The zero-order chi connectivity index (χ0) is 15.3. The highest BCUT2D eigenvalue weighted by Gasteiger charge is 2.24. The molecule has 0 atom stereocenters. The molecule has 5 nitrogen and oxygen atoms in total. The van der Waals surface area contributed by atoms with Gasteiger partial charge in [-0.15, -0.1) is 0 Å². The Balaban J connectivity index is 3.00. The van der Waals surface area contributed by atoms with Crippen molar-refractivity contribution in [1.29, 1.82) is 0 Å². The van der Waals surface area contributed by atoms with Gasteiger partial charge in [0.05, 0.1) is 10.6 Å². The van der Waals surface area contributed by atoms with Crippen LogP contribution in [0.25, 0.3) is 0 Å². The maximum Gasteiger partial charge on any atom is 0.278 e. The molecule has 0 aromatic carbocycles. The molecule has 20 heavy (non-hydrogen) atoms. The molecule has 0 amide bonds. The zero-order valence-corrected chi connectivity index (χ0v) is 13.1. The third-order valence-corrected chi connectivity index (χ3v) is 4.42. The summed E-state index contributed by atoms with van der Waals surface area (Å²) in [6, 6.07) is 0. The predicted molar refractivity (Wildman–Crippen MR) is 80.8 cm³/mol. The molecular formula is C15H25N3O2. The number of hydrogen-bond acceptors (Lipinski definition) is 4. The second-order valence-corrected chi connectivity index (χ2v) is 5.31. The Morgan fingerprint density at radius 2 is 1.80 bits per heavy atom. The summed E-state index contributed by atoms with van der Waals surface area (Å²) in [7, 11) is 0. The van der Waals surface area contributed by atoms with E-state index < -0.39 is 0 Å². The molecule has 0 aliphatic carbocycles. The number of nitrogens with one attached hydrogen (secondary N) is 1. The van der Waals surface area contributed by atoms with Gasteiger partial charge in [-0.3, -0.25) is 15.1 Å². The maximum atomic E-state index is 11.1. The number of aromatic nitrogens is 1. The van der Waals surface area contributed by atoms with Crippen LogP contribution in [0.3, 0.4) is 0 Å². The van der Waals surface area contributed by atoms with Gasteiger partial charge in [-0.05, 0) is 33.1 Å². The maximum absolute atomic E-state index is 11.1. The molecule has 0 fully saturated rings. The molecule has 112 valence electrons. The summed E-state index contributed by atoms with van der Waals surface area (Å²) in [6.45, 7) is 10.6. The second-order valence-electron chi connectivity index (χ2n) is 5.31. The van der Waals surface area contributed by atoms with Crippen LogP contribution >= 0.6 is 0 Å². The molecular weight excluding hydrogens is 254 g/mol.